The van der Waals surface area contributed by atoms with E-state index in [0.29, 0.717) is 25.9 Å². The SMILES string of the molecule is CNC(=O)c1ccc(C)c(Nc2nc(SC)nc(I)c2C(N)=O)c1. The van der Waals surface area contributed by atoms with E-state index in [0.717, 1.165) is 5.56 Å². The first-order valence-corrected chi connectivity index (χ1v) is 9.18. The van der Waals surface area contributed by atoms with E-state index in [1.54, 1.807) is 19.2 Å². The molecule has 0 aliphatic rings. The largest absolute Gasteiger partial charge is 0.365 e. The van der Waals surface area contributed by atoms with Gasteiger partial charge in [0.2, 0.25) is 0 Å². The number of nitrogens with one attached hydrogen (secondary N) is 2. The summed E-state index contributed by atoms with van der Waals surface area (Å²) in [6.45, 7) is 1.89. The first-order valence-electron chi connectivity index (χ1n) is 6.88. The maximum Gasteiger partial charge on any atom is 0.255 e. The van der Waals surface area contributed by atoms with Crippen molar-refractivity contribution in [3.8, 4) is 0 Å². The Hall–Kier alpha value is -1.88. The lowest BCUT2D eigenvalue weighted by Crippen LogP contribution is -2.19. The van der Waals surface area contributed by atoms with Crippen LogP contribution in [0.5, 0.6) is 0 Å². The van der Waals surface area contributed by atoms with Crippen molar-refractivity contribution in [3.63, 3.8) is 0 Å². The zero-order valence-corrected chi connectivity index (χ0v) is 16.3. The Morgan fingerprint density at radius 1 is 1.29 bits per heavy atom. The van der Waals surface area contributed by atoms with Crippen molar-refractivity contribution in [2.24, 2.45) is 5.73 Å². The first-order chi connectivity index (χ1) is 11.4. The van der Waals surface area contributed by atoms with E-state index >= 15 is 0 Å². The predicted octanol–water partition coefficient (Wildman–Crippen LogP) is 2.31. The number of nitrogens with two attached hydrogens (primary N) is 1. The van der Waals surface area contributed by atoms with Gasteiger partial charge in [-0.1, -0.05) is 17.8 Å². The van der Waals surface area contributed by atoms with Crippen LogP contribution in [0, 0.1) is 10.6 Å². The van der Waals surface area contributed by atoms with Crippen molar-refractivity contribution in [1.29, 1.82) is 0 Å². The lowest BCUT2D eigenvalue weighted by Gasteiger charge is -2.14. The lowest BCUT2D eigenvalue weighted by atomic mass is 10.1. The second-order valence-corrected chi connectivity index (χ2v) is 6.62. The smallest absolute Gasteiger partial charge is 0.255 e. The van der Waals surface area contributed by atoms with Crippen molar-refractivity contribution in [2.75, 3.05) is 18.6 Å². The molecular formula is C15H16IN5O2S. The molecule has 4 N–H and O–H groups in total. The Bertz CT molecular complexity index is 813. The van der Waals surface area contributed by atoms with Crippen LogP contribution < -0.4 is 16.4 Å². The van der Waals surface area contributed by atoms with Crippen molar-refractivity contribution in [1.82, 2.24) is 15.3 Å². The van der Waals surface area contributed by atoms with Gasteiger partial charge in [-0.15, -0.1) is 0 Å². The van der Waals surface area contributed by atoms with Gasteiger partial charge >= 0.3 is 0 Å². The average Bonchev–Trinajstić information content (AvgIpc) is 2.55. The number of carbonyl (C=O) groups excluding carboxylic acids is 2. The minimum Gasteiger partial charge on any atom is -0.365 e. The number of benzene rings is 1. The quantitative estimate of drug-likeness (QED) is 0.275. The molecular weight excluding hydrogens is 441 g/mol. The monoisotopic (exact) mass is 457 g/mol. The Kier molecular flexibility index (Phi) is 5.99. The highest BCUT2D eigenvalue weighted by atomic mass is 127. The highest BCUT2D eigenvalue weighted by Gasteiger charge is 2.18. The topological polar surface area (TPSA) is 110 Å². The fourth-order valence-electron chi connectivity index (χ4n) is 1.98. The van der Waals surface area contributed by atoms with E-state index in [4.69, 9.17) is 5.73 Å². The lowest BCUT2D eigenvalue weighted by molar-refractivity contribution is 0.0961. The minimum atomic E-state index is -0.616. The number of primary amides is 1. The van der Waals surface area contributed by atoms with Gasteiger partial charge in [-0.2, -0.15) is 0 Å². The standard InChI is InChI=1S/C15H16IN5O2S/c1-7-4-5-8(14(23)18-2)6-9(7)19-13-10(12(17)22)11(16)20-15(21-13)24-3/h4-6H,1-3H3,(H2,17,22)(H,18,23)(H,19,20,21). The van der Waals surface area contributed by atoms with Crippen molar-refractivity contribution in [2.45, 2.75) is 12.1 Å². The third-order valence-electron chi connectivity index (χ3n) is 3.25. The van der Waals surface area contributed by atoms with Gasteiger partial charge < -0.3 is 16.4 Å². The average molecular weight is 457 g/mol. The third kappa shape index (κ3) is 3.96. The van der Waals surface area contributed by atoms with Crippen LogP contribution in [-0.2, 0) is 0 Å². The zero-order valence-electron chi connectivity index (χ0n) is 13.3. The van der Waals surface area contributed by atoms with Crippen LogP contribution >= 0.6 is 34.4 Å². The molecule has 1 heterocycles. The van der Waals surface area contributed by atoms with Crippen LogP contribution in [0.2, 0.25) is 0 Å². The van der Waals surface area contributed by atoms with Gasteiger partial charge in [0.15, 0.2) is 5.16 Å². The molecule has 2 amide bonds. The van der Waals surface area contributed by atoms with Crippen LogP contribution in [0.4, 0.5) is 11.5 Å². The molecule has 126 valence electrons. The summed E-state index contributed by atoms with van der Waals surface area (Å²) in [7, 11) is 1.57. The van der Waals surface area contributed by atoms with E-state index in [-0.39, 0.29) is 11.5 Å². The molecule has 9 heteroatoms. The fourth-order valence-corrected chi connectivity index (χ4v) is 3.26. The summed E-state index contributed by atoms with van der Waals surface area (Å²) < 4.78 is 0.474. The van der Waals surface area contributed by atoms with E-state index in [1.165, 1.54) is 11.8 Å². The van der Waals surface area contributed by atoms with Gasteiger partial charge in [0.1, 0.15) is 15.1 Å². The van der Waals surface area contributed by atoms with Gasteiger partial charge in [0, 0.05) is 18.3 Å². The van der Waals surface area contributed by atoms with E-state index in [9.17, 15) is 9.59 Å². The third-order valence-corrected chi connectivity index (χ3v) is 4.58. The zero-order chi connectivity index (χ0) is 17.9. The van der Waals surface area contributed by atoms with Gasteiger partial charge in [-0.05, 0) is 53.5 Å². The molecule has 0 spiro atoms. The number of rotatable bonds is 5. The minimum absolute atomic E-state index is 0.199. The van der Waals surface area contributed by atoms with E-state index in [1.807, 2.05) is 41.8 Å². The molecule has 0 bridgehead atoms. The van der Waals surface area contributed by atoms with Gasteiger partial charge in [0.05, 0.1) is 0 Å². The summed E-state index contributed by atoms with van der Waals surface area (Å²) in [5.41, 5.74) is 7.75. The molecule has 0 atom stereocenters. The molecule has 0 saturated carbocycles. The van der Waals surface area contributed by atoms with Crippen LogP contribution in [0.3, 0.4) is 0 Å². The predicted molar refractivity (Wildman–Crippen MR) is 103 cm³/mol. The van der Waals surface area contributed by atoms with E-state index in [2.05, 4.69) is 20.6 Å². The Labute approximate surface area is 157 Å². The molecule has 1 aromatic carbocycles. The molecule has 0 fully saturated rings. The van der Waals surface area contributed by atoms with Crippen LogP contribution in [0.25, 0.3) is 0 Å². The number of amides is 2. The number of aromatic nitrogens is 2. The number of hydrogen-bond donors (Lipinski definition) is 3. The van der Waals surface area contributed by atoms with Crippen LogP contribution in [0.1, 0.15) is 26.3 Å². The van der Waals surface area contributed by atoms with Gasteiger partial charge in [-0.3, -0.25) is 9.59 Å². The molecule has 0 aliphatic carbocycles. The Morgan fingerprint density at radius 3 is 2.58 bits per heavy atom. The van der Waals surface area contributed by atoms with Gasteiger partial charge in [-0.25, -0.2) is 9.97 Å². The fraction of sp³-hybridized carbons (Fsp3) is 0.200. The summed E-state index contributed by atoms with van der Waals surface area (Å²) in [6, 6.07) is 5.25. The molecule has 7 nitrogen and oxygen atoms in total. The number of hydrogen-bond acceptors (Lipinski definition) is 6. The maximum atomic E-state index is 11.8. The number of carbonyl (C=O) groups is 2. The van der Waals surface area contributed by atoms with Crippen molar-refractivity contribution in [3.05, 3.63) is 38.6 Å². The second kappa shape index (κ2) is 7.79. The molecule has 1 aromatic heterocycles. The Balaban J connectivity index is 2.53. The van der Waals surface area contributed by atoms with Crippen LogP contribution in [0.15, 0.2) is 23.4 Å². The number of anilines is 2. The van der Waals surface area contributed by atoms with E-state index < -0.39 is 5.91 Å². The Morgan fingerprint density at radius 2 is 2.00 bits per heavy atom. The number of halogens is 1. The number of nitrogens with zero attached hydrogens (tertiary/aromatic N) is 2. The molecule has 0 unspecified atom stereocenters. The molecule has 2 rings (SSSR count). The van der Waals surface area contributed by atoms with Crippen molar-refractivity contribution >= 4 is 57.7 Å². The highest BCUT2D eigenvalue weighted by molar-refractivity contribution is 14.1. The molecule has 0 radical (unpaired) electrons. The molecule has 0 saturated heterocycles. The van der Waals surface area contributed by atoms with Crippen molar-refractivity contribution < 1.29 is 9.59 Å². The summed E-state index contributed by atoms with van der Waals surface area (Å²) >= 11 is 3.32. The second-order valence-electron chi connectivity index (χ2n) is 4.82. The normalized spacial score (nSPS) is 10.3. The number of thioether (sulfide) groups is 1. The summed E-state index contributed by atoms with van der Waals surface area (Å²) in [5.74, 6) is -0.492. The summed E-state index contributed by atoms with van der Waals surface area (Å²) in [5, 5.41) is 6.21. The molecule has 24 heavy (non-hydrogen) atoms. The van der Waals surface area contributed by atoms with Crippen LogP contribution in [-0.4, -0.2) is 35.1 Å². The summed E-state index contributed by atoms with van der Waals surface area (Å²) in [6.07, 6.45) is 1.84. The summed E-state index contributed by atoms with van der Waals surface area (Å²) in [4.78, 5) is 32.2. The maximum absolute atomic E-state index is 11.8. The van der Waals surface area contributed by atoms with Gasteiger partial charge in [0.25, 0.3) is 11.8 Å². The molecule has 2 aromatic rings. The number of aryl methyl sites for hydroxylation is 1. The highest BCUT2D eigenvalue weighted by Crippen LogP contribution is 2.27. The first kappa shape index (κ1) is 18.5. The molecule has 0 aliphatic heterocycles.